The lowest BCUT2D eigenvalue weighted by Gasteiger charge is -2.25. The van der Waals surface area contributed by atoms with Crippen molar-refractivity contribution in [3.8, 4) is 11.5 Å². The first-order valence-electron chi connectivity index (χ1n) is 6.94. The topological polar surface area (TPSA) is 50.8 Å². The summed E-state index contributed by atoms with van der Waals surface area (Å²) < 4.78 is 10.7. The molecule has 0 saturated heterocycles. The van der Waals surface area contributed by atoms with E-state index in [0.29, 0.717) is 13.0 Å². The molecule has 21 heavy (non-hydrogen) atoms. The molecule has 0 spiro atoms. The van der Waals surface area contributed by atoms with Crippen LogP contribution in [-0.4, -0.2) is 38.2 Å². The Morgan fingerprint density at radius 1 is 1.33 bits per heavy atom. The molecule has 5 nitrogen and oxygen atoms in total. The number of likely N-dealkylation sites (N-methyl/N-ethyl adjacent to an activating group) is 1. The summed E-state index contributed by atoms with van der Waals surface area (Å²) in [5.41, 5.74) is 1.11. The second-order valence-electron chi connectivity index (χ2n) is 5.15. The van der Waals surface area contributed by atoms with Gasteiger partial charge in [-0.3, -0.25) is 4.79 Å². The van der Waals surface area contributed by atoms with E-state index in [1.165, 1.54) is 0 Å². The number of benzene rings is 1. The quantitative estimate of drug-likeness (QED) is 0.876. The highest BCUT2D eigenvalue weighted by atomic mass is 35.5. The fourth-order valence-electron chi connectivity index (χ4n) is 2.24. The standard InChI is InChI=1S/C15H22N2O3.ClH/c1-4-5-15(18)16-9-12(17(2)3)11-6-7-13-14(8-11)20-10-19-13;/h6-8,12H,4-5,9-10H2,1-3H3,(H,16,18);1H. The molecule has 6 heteroatoms. The normalized spacial score (nSPS) is 13.7. The van der Waals surface area contributed by atoms with E-state index in [9.17, 15) is 4.79 Å². The predicted molar refractivity (Wildman–Crippen MR) is 84.2 cm³/mol. The summed E-state index contributed by atoms with van der Waals surface area (Å²) in [5.74, 6) is 1.65. The van der Waals surface area contributed by atoms with Gasteiger partial charge in [0.1, 0.15) is 0 Å². The highest BCUT2D eigenvalue weighted by molar-refractivity contribution is 5.85. The Morgan fingerprint density at radius 2 is 2.05 bits per heavy atom. The van der Waals surface area contributed by atoms with Gasteiger partial charge in [-0.15, -0.1) is 12.4 Å². The molecule has 1 aromatic carbocycles. The minimum atomic E-state index is 0. The number of amides is 1. The molecule has 1 atom stereocenters. The minimum Gasteiger partial charge on any atom is -0.454 e. The van der Waals surface area contributed by atoms with Crippen LogP contribution in [0.2, 0.25) is 0 Å². The summed E-state index contributed by atoms with van der Waals surface area (Å²) in [4.78, 5) is 13.7. The van der Waals surface area contributed by atoms with Gasteiger partial charge in [0, 0.05) is 13.0 Å². The zero-order valence-corrected chi connectivity index (χ0v) is 13.5. The van der Waals surface area contributed by atoms with Crippen LogP contribution >= 0.6 is 12.4 Å². The molecule has 1 N–H and O–H groups in total. The van der Waals surface area contributed by atoms with Gasteiger partial charge in [-0.2, -0.15) is 0 Å². The second kappa shape index (κ2) is 8.10. The Balaban J connectivity index is 0.00000220. The molecule has 1 unspecified atom stereocenters. The van der Waals surface area contributed by atoms with Gasteiger partial charge in [0.15, 0.2) is 11.5 Å². The molecule has 0 fully saturated rings. The summed E-state index contributed by atoms with van der Waals surface area (Å²) in [6, 6.07) is 6.04. The molecule has 0 aromatic heterocycles. The van der Waals surface area contributed by atoms with Crippen molar-refractivity contribution in [3.05, 3.63) is 23.8 Å². The number of hydrogen-bond acceptors (Lipinski definition) is 4. The molecule has 2 rings (SSSR count). The van der Waals surface area contributed by atoms with E-state index in [1.54, 1.807) is 0 Å². The zero-order chi connectivity index (χ0) is 14.5. The van der Waals surface area contributed by atoms with E-state index in [4.69, 9.17) is 9.47 Å². The second-order valence-corrected chi connectivity index (χ2v) is 5.15. The Labute approximate surface area is 132 Å². The fourth-order valence-corrected chi connectivity index (χ4v) is 2.24. The third kappa shape index (κ3) is 4.51. The van der Waals surface area contributed by atoms with Crippen LogP contribution in [-0.2, 0) is 4.79 Å². The van der Waals surface area contributed by atoms with Crippen LogP contribution in [0.25, 0.3) is 0 Å². The smallest absolute Gasteiger partial charge is 0.231 e. The first-order valence-corrected chi connectivity index (χ1v) is 6.94. The van der Waals surface area contributed by atoms with Gasteiger partial charge in [-0.1, -0.05) is 13.0 Å². The van der Waals surface area contributed by atoms with E-state index in [-0.39, 0.29) is 31.1 Å². The summed E-state index contributed by atoms with van der Waals surface area (Å²) in [5, 5.41) is 2.98. The Morgan fingerprint density at radius 3 is 2.71 bits per heavy atom. The molecular weight excluding hydrogens is 292 g/mol. The number of nitrogens with one attached hydrogen (secondary N) is 1. The van der Waals surface area contributed by atoms with Crippen LogP contribution in [0.3, 0.4) is 0 Å². The Hall–Kier alpha value is -1.46. The third-order valence-electron chi connectivity index (χ3n) is 3.37. The highest BCUT2D eigenvalue weighted by Gasteiger charge is 2.19. The molecular formula is C15H23ClN2O3. The van der Waals surface area contributed by atoms with E-state index >= 15 is 0 Å². The first kappa shape index (κ1) is 17.6. The molecule has 1 aliphatic rings. The molecule has 118 valence electrons. The number of rotatable bonds is 6. The van der Waals surface area contributed by atoms with Gasteiger partial charge >= 0.3 is 0 Å². The number of fused-ring (bicyclic) bond motifs is 1. The number of carbonyl (C=O) groups excluding carboxylic acids is 1. The van der Waals surface area contributed by atoms with Crippen molar-refractivity contribution in [2.24, 2.45) is 0 Å². The van der Waals surface area contributed by atoms with Crippen LogP contribution in [0, 0.1) is 0 Å². The van der Waals surface area contributed by atoms with Crippen LogP contribution in [0.1, 0.15) is 31.4 Å². The van der Waals surface area contributed by atoms with Gasteiger partial charge in [0.2, 0.25) is 12.7 Å². The lowest BCUT2D eigenvalue weighted by atomic mass is 10.1. The van der Waals surface area contributed by atoms with Gasteiger partial charge < -0.3 is 19.7 Å². The summed E-state index contributed by atoms with van der Waals surface area (Å²) in [6.45, 7) is 2.87. The molecule has 0 radical (unpaired) electrons. The monoisotopic (exact) mass is 314 g/mol. The number of hydrogen-bond donors (Lipinski definition) is 1. The van der Waals surface area contributed by atoms with Crippen LogP contribution < -0.4 is 14.8 Å². The van der Waals surface area contributed by atoms with Crippen molar-refractivity contribution in [2.75, 3.05) is 27.4 Å². The largest absolute Gasteiger partial charge is 0.454 e. The molecule has 1 amide bonds. The minimum absolute atomic E-state index is 0. The highest BCUT2D eigenvalue weighted by Crippen LogP contribution is 2.34. The van der Waals surface area contributed by atoms with E-state index < -0.39 is 0 Å². The lowest BCUT2D eigenvalue weighted by molar-refractivity contribution is -0.121. The number of nitrogens with zero attached hydrogens (tertiary/aromatic N) is 1. The van der Waals surface area contributed by atoms with Crippen LogP contribution in [0.5, 0.6) is 11.5 Å². The fraction of sp³-hybridized carbons (Fsp3) is 0.533. The summed E-state index contributed by atoms with van der Waals surface area (Å²) in [6.07, 6.45) is 1.43. The summed E-state index contributed by atoms with van der Waals surface area (Å²) in [7, 11) is 4.00. The molecule has 0 aliphatic carbocycles. The van der Waals surface area contributed by atoms with Gasteiger partial charge in [-0.25, -0.2) is 0 Å². The van der Waals surface area contributed by atoms with E-state index in [0.717, 1.165) is 23.5 Å². The van der Waals surface area contributed by atoms with Crippen molar-refractivity contribution < 1.29 is 14.3 Å². The molecule has 0 saturated carbocycles. The number of carbonyl (C=O) groups is 1. The average molecular weight is 315 g/mol. The van der Waals surface area contributed by atoms with Crippen molar-refractivity contribution in [2.45, 2.75) is 25.8 Å². The average Bonchev–Trinajstić information content (AvgIpc) is 2.86. The molecule has 1 aromatic rings. The SMILES string of the molecule is CCCC(=O)NCC(c1ccc2c(c1)OCO2)N(C)C.Cl. The Bertz CT molecular complexity index is 480. The van der Waals surface area contributed by atoms with Crippen molar-refractivity contribution in [3.63, 3.8) is 0 Å². The van der Waals surface area contributed by atoms with Crippen molar-refractivity contribution >= 4 is 18.3 Å². The maximum absolute atomic E-state index is 11.6. The van der Waals surface area contributed by atoms with Crippen molar-refractivity contribution in [1.29, 1.82) is 0 Å². The van der Waals surface area contributed by atoms with Crippen molar-refractivity contribution in [1.82, 2.24) is 10.2 Å². The number of halogens is 1. The lowest BCUT2D eigenvalue weighted by Crippen LogP contribution is -2.34. The van der Waals surface area contributed by atoms with E-state index in [2.05, 4.69) is 10.2 Å². The zero-order valence-electron chi connectivity index (χ0n) is 12.7. The molecule has 1 aliphatic heterocycles. The maximum atomic E-state index is 11.6. The van der Waals surface area contributed by atoms with Crippen LogP contribution in [0.15, 0.2) is 18.2 Å². The third-order valence-corrected chi connectivity index (χ3v) is 3.37. The summed E-state index contributed by atoms with van der Waals surface area (Å²) >= 11 is 0. The van der Waals surface area contributed by atoms with Gasteiger partial charge in [-0.05, 0) is 38.2 Å². The first-order chi connectivity index (χ1) is 9.61. The molecule has 1 heterocycles. The van der Waals surface area contributed by atoms with E-state index in [1.807, 2.05) is 39.2 Å². The van der Waals surface area contributed by atoms with Gasteiger partial charge in [0.05, 0.1) is 6.04 Å². The maximum Gasteiger partial charge on any atom is 0.231 e. The van der Waals surface area contributed by atoms with Gasteiger partial charge in [0.25, 0.3) is 0 Å². The number of ether oxygens (including phenoxy) is 2. The predicted octanol–water partition coefficient (Wildman–Crippen LogP) is 2.36. The Kier molecular flexibility index (Phi) is 6.78. The molecule has 0 bridgehead atoms. The van der Waals surface area contributed by atoms with Crippen LogP contribution in [0.4, 0.5) is 0 Å².